The average molecular weight is 251 g/mol. The molecule has 3 unspecified atom stereocenters. The molecule has 1 N–H and O–H groups in total. The van der Waals surface area contributed by atoms with Gasteiger partial charge < -0.3 is 14.6 Å². The van der Waals surface area contributed by atoms with Crippen molar-refractivity contribution >= 4 is 0 Å². The Labute approximate surface area is 107 Å². The van der Waals surface area contributed by atoms with E-state index in [1.165, 1.54) is 12.8 Å². The second-order valence-corrected chi connectivity index (χ2v) is 5.56. The van der Waals surface area contributed by atoms with E-state index in [4.69, 9.17) is 9.26 Å². The number of ether oxygens (including phenoxy) is 1. The highest BCUT2D eigenvalue weighted by Gasteiger charge is 2.36. The maximum absolute atomic E-state index is 5.48. The van der Waals surface area contributed by atoms with Gasteiger partial charge in [0.25, 0.3) is 0 Å². The van der Waals surface area contributed by atoms with Crippen molar-refractivity contribution in [2.75, 3.05) is 13.7 Å². The normalized spacial score (nSPS) is 30.3. The van der Waals surface area contributed by atoms with Crippen molar-refractivity contribution in [3.63, 3.8) is 0 Å². The SMILES string of the molecule is COC(c1noc(C2CCNC(C)C2)n1)C1CC1. The first-order chi connectivity index (χ1) is 8.78. The molecule has 0 aromatic carbocycles. The molecule has 1 saturated heterocycles. The third-order valence-corrected chi connectivity index (χ3v) is 3.99. The molecule has 1 aliphatic heterocycles. The van der Waals surface area contributed by atoms with E-state index in [1.54, 1.807) is 7.11 Å². The zero-order chi connectivity index (χ0) is 12.5. The smallest absolute Gasteiger partial charge is 0.229 e. The first-order valence-corrected chi connectivity index (χ1v) is 6.87. The van der Waals surface area contributed by atoms with E-state index in [0.29, 0.717) is 17.9 Å². The average Bonchev–Trinajstić information content (AvgIpc) is 3.07. The van der Waals surface area contributed by atoms with E-state index >= 15 is 0 Å². The van der Waals surface area contributed by atoms with Crippen molar-refractivity contribution < 1.29 is 9.26 Å². The number of piperidine rings is 1. The Morgan fingerprint density at radius 1 is 1.39 bits per heavy atom. The van der Waals surface area contributed by atoms with E-state index in [-0.39, 0.29) is 6.10 Å². The highest BCUT2D eigenvalue weighted by atomic mass is 16.5. The molecule has 2 fully saturated rings. The number of hydrogen-bond donors (Lipinski definition) is 1. The topological polar surface area (TPSA) is 60.2 Å². The predicted molar refractivity (Wildman–Crippen MR) is 66.2 cm³/mol. The second-order valence-electron chi connectivity index (χ2n) is 5.56. The fourth-order valence-electron chi connectivity index (χ4n) is 2.79. The molecule has 1 aliphatic carbocycles. The van der Waals surface area contributed by atoms with Crippen LogP contribution in [0.2, 0.25) is 0 Å². The third-order valence-electron chi connectivity index (χ3n) is 3.99. The molecule has 1 saturated carbocycles. The van der Waals surface area contributed by atoms with Crippen LogP contribution in [0.25, 0.3) is 0 Å². The summed E-state index contributed by atoms with van der Waals surface area (Å²) >= 11 is 0. The van der Waals surface area contributed by atoms with Gasteiger partial charge in [0, 0.05) is 19.1 Å². The molecule has 1 aromatic heterocycles. The predicted octanol–water partition coefficient (Wildman–Crippen LogP) is 2.02. The summed E-state index contributed by atoms with van der Waals surface area (Å²) in [5, 5.41) is 7.55. The standard InChI is InChI=1S/C13H21N3O2/c1-8-7-10(5-6-14-8)13-15-12(16-18-13)11(17-2)9-3-4-9/h8-11,14H,3-7H2,1-2H3. The summed E-state index contributed by atoms with van der Waals surface area (Å²) in [6.45, 7) is 3.23. The summed E-state index contributed by atoms with van der Waals surface area (Å²) in [5.41, 5.74) is 0. The Hall–Kier alpha value is -0.940. The van der Waals surface area contributed by atoms with Gasteiger partial charge in [0.15, 0.2) is 0 Å². The van der Waals surface area contributed by atoms with E-state index in [0.717, 1.165) is 31.1 Å². The molecule has 1 aromatic rings. The van der Waals surface area contributed by atoms with Gasteiger partial charge in [-0.15, -0.1) is 0 Å². The Kier molecular flexibility index (Phi) is 3.35. The minimum absolute atomic E-state index is 0.0293. The summed E-state index contributed by atoms with van der Waals surface area (Å²) in [6, 6.07) is 0.528. The molecule has 5 nitrogen and oxygen atoms in total. The van der Waals surface area contributed by atoms with Gasteiger partial charge in [-0.2, -0.15) is 4.98 Å². The second kappa shape index (κ2) is 4.97. The van der Waals surface area contributed by atoms with Crippen LogP contribution in [0.3, 0.4) is 0 Å². The molecule has 3 atom stereocenters. The number of nitrogens with zero attached hydrogens (tertiary/aromatic N) is 2. The first-order valence-electron chi connectivity index (χ1n) is 6.87. The van der Waals surface area contributed by atoms with Crippen LogP contribution in [-0.2, 0) is 4.74 Å². The molecule has 2 aliphatic rings. The van der Waals surface area contributed by atoms with Crippen LogP contribution < -0.4 is 5.32 Å². The molecule has 18 heavy (non-hydrogen) atoms. The fourth-order valence-corrected chi connectivity index (χ4v) is 2.79. The largest absolute Gasteiger partial charge is 0.373 e. The van der Waals surface area contributed by atoms with Gasteiger partial charge in [-0.3, -0.25) is 0 Å². The maximum atomic E-state index is 5.48. The van der Waals surface area contributed by atoms with Crippen LogP contribution in [-0.4, -0.2) is 29.8 Å². The number of aromatic nitrogens is 2. The Balaban J connectivity index is 1.71. The van der Waals surface area contributed by atoms with Crippen LogP contribution in [0, 0.1) is 5.92 Å². The maximum Gasteiger partial charge on any atom is 0.229 e. The zero-order valence-corrected chi connectivity index (χ0v) is 11.1. The summed E-state index contributed by atoms with van der Waals surface area (Å²) in [7, 11) is 1.73. The van der Waals surface area contributed by atoms with Crippen LogP contribution in [0.1, 0.15) is 56.3 Å². The molecule has 100 valence electrons. The van der Waals surface area contributed by atoms with E-state index in [9.17, 15) is 0 Å². The molecule has 0 amide bonds. The monoisotopic (exact) mass is 251 g/mol. The van der Waals surface area contributed by atoms with Crippen molar-refractivity contribution in [2.24, 2.45) is 5.92 Å². The number of rotatable bonds is 4. The highest BCUT2D eigenvalue weighted by molar-refractivity contribution is 5.02. The van der Waals surface area contributed by atoms with E-state index in [2.05, 4.69) is 22.4 Å². The lowest BCUT2D eigenvalue weighted by atomic mass is 9.93. The fraction of sp³-hybridized carbons (Fsp3) is 0.846. The lowest BCUT2D eigenvalue weighted by molar-refractivity contribution is 0.0751. The summed E-state index contributed by atoms with van der Waals surface area (Å²) in [4.78, 5) is 4.57. The van der Waals surface area contributed by atoms with Crippen LogP contribution >= 0.6 is 0 Å². The molecule has 0 bridgehead atoms. The van der Waals surface area contributed by atoms with Crippen molar-refractivity contribution in [3.05, 3.63) is 11.7 Å². The zero-order valence-electron chi connectivity index (χ0n) is 11.1. The van der Waals surface area contributed by atoms with Gasteiger partial charge >= 0.3 is 0 Å². The van der Waals surface area contributed by atoms with Gasteiger partial charge in [0.1, 0.15) is 6.10 Å². The van der Waals surface area contributed by atoms with Gasteiger partial charge in [0.2, 0.25) is 11.7 Å². The number of hydrogen-bond acceptors (Lipinski definition) is 5. The quantitative estimate of drug-likeness (QED) is 0.887. The molecule has 5 heteroatoms. The molecule has 2 heterocycles. The summed E-state index contributed by atoms with van der Waals surface area (Å²) in [5.74, 6) is 2.52. The van der Waals surface area contributed by atoms with Gasteiger partial charge in [-0.05, 0) is 45.1 Å². The molecule has 3 rings (SSSR count). The number of methoxy groups -OCH3 is 1. The first kappa shape index (κ1) is 12.1. The van der Waals surface area contributed by atoms with Crippen molar-refractivity contribution in [2.45, 2.75) is 50.7 Å². The molecular weight excluding hydrogens is 230 g/mol. The Morgan fingerprint density at radius 2 is 2.22 bits per heavy atom. The van der Waals surface area contributed by atoms with Crippen LogP contribution in [0.15, 0.2) is 4.52 Å². The lowest BCUT2D eigenvalue weighted by Crippen LogP contribution is -2.34. The van der Waals surface area contributed by atoms with Crippen molar-refractivity contribution in [1.29, 1.82) is 0 Å². The Morgan fingerprint density at radius 3 is 2.89 bits per heavy atom. The van der Waals surface area contributed by atoms with E-state index in [1.807, 2.05) is 0 Å². The van der Waals surface area contributed by atoms with Crippen LogP contribution in [0.5, 0.6) is 0 Å². The summed E-state index contributed by atoms with van der Waals surface area (Å²) < 4.78 is 10.9. The Bertz CT molecular complexity index is 403. The van der Waals surface area contributed by atoms with E-state index < -0.39 is 0 Å². The lowest BCUT2D eigenvalue weighted by Gasteiger charge is -2.25. The van der Waals surface area contributed by atoms with Crippen molar-refractivity contribution in [1.82, 2.24) is 15.5 Å². The summed E-state index contributed by atoms with van der Waals surface area (Å²) in [6.07, 6.45) is 4.61. The molecule has 0 spiro atoms. The van der Waals surface area contributed by atoms with Crippen molar-refractivity contribution in [3.8, 4) is 0 Å². The van der Waals surface area contributed by atoms with Gasteiger partial charge in [-0.25, -0.2) is 0 Å². The van der Waals surface area contributed by atoms with Crippen LogP contribution in [0.4, 0.5) is 0 Å². The minimum atomic E-state index is 0.0293. The highest BCUT2D eigenvalue weighted by Crippen LogP contribution is 2.42. The number of nitrogens with one attached hydrogen (secondary N) is 1. The molecule has 0 radical (unpaired) electrons. The molecular formula is C13H21N3O2. The van der Waals surface area contributed by atoms with Gasteiger partial charge in [-0.1, -0.05) is 5.16 Å². The third kappa shape index (κ3) is 2.42. The minimum Gasteiger partial charge on any atom is -0.373 e. The van der Waals surface area contributed by atoms with Gasteiger partial charge in [0.05, 0.1) is 0 Å².